The molecule has 0 aliphatic heterocycles. The van der Waals surface area contributed by atoms with Crippen molar-refractivity contribution in [3.8, 4) is 0 Å². The van der Waals surface area contributed by atoms with E-state index in [2.05, 4.69) is 0 Å². The second-order valence-corrected chi connectivity index (χ2v) is 21.7. The first-order chi connectivity index (χ1) is 39.2. The maximum Gasteiger partial charge on any atom is 0.416 e. The number of alkyl halides is 18. The Kier molecular flexibility index (Phi) is 35.6. The molecule has 0 spiro atoms. The molecule has 0 saturated carbocycles. The molecule has 0 N–H and O–H groups in total. The van der Waals surface area contributed by atoms with Crippen LogP contribution in [0.5, 0.6) is 0 Å². The van der Waals surface area contributed by atoms with Crippen molar-refractivity contribution in [2.24, 2.45) is 0 Å². The highest BCUT2D eigenvalue weighted by molar-refractivity contribution is 6.24. The highest BCUT2D eigenvalue weighted by Gasteiger charge is 2.44. The van der Waals surface area contributed by atoms with Gasteiger partial charge in [0.1, 0.15) is 17.1 Å². The topological polar surface area (TPSA) is 69.2 Å². The molecule has 0 heterocycles. The van der Waals surface area contributed by atoms with Crippen LogP contribution in [-0.2, 0) is 37.1 Å². The van der Waals surface area contributed by atoms with Gasteiger partial charge in [-0.3, -0.25) is 20.8 Å². The van der Waals surface area contributed by atoms with Crippen molar-refractivity contribution in [3.63, 3.8) is 0 Å². The van der Waals surface area contributed by atoms with E-state index >= 15 is 0 Å². The van der Waals surface area contributed by atoms with Gasteiger partial charge in [0.15, 0.2) is 0 Å². The van der Waals surface area contributed by atoms with E-state index in [1.165, 1.54) is 0 Å². The molecular formula is C60H90BF18N3O3. The quantitative estimate of drug-likeness (QED) is 0.0379. The summed E-state index contributed by atoms with van der Waals surface area (Å²) in [6, 6.07) is 6.22. The first-order valence-electron chi connectivity index (χ1n) is 29.7. The van der Waals surface area contributed by atoms with Crippen LogP contribution < -0.4 is 28.5 Å². The summed E-state index contributed by atoms with van der Waals surface area (Å²) in [6.07, 6.45) is -14.6. The molecule has 0 radical (unpaired) electrons. The molecule has 0 saturated heterocycles. The second-order valence-electron chi connectivity index (χ2n) is 21.7. The Balaban J connectivity index is 0.00000120. The summed E-state index contributed by atoms with van der Waals surface area (Å²) >= 11 is 0. The molecule has 0 fully saturated rings. The molecule has 0 aliphatic carbocycles. The number of quaternary nitrogens is 3. The Morgan fingerprint density at radius 2 is 0.353 bits per heavy atom. The van der Waals surface area contributed by atoms with Crippen LogP contribution in [0.15, 0.2) is 54.6 Å². The largest absolute Gasteiger partial charge is 0.907 e. The zero-order chi connectivity index (χ0) is 65.7. The summed E-state index contributed by atoms with van der Waals surface area (Å²) < 4.78 is 240. The predicted octanol–water partition coefficient (Wildman–Crippen LogP) is 18.3. The number of hydrogen-bond acceptors (Lipinski definition) is 3. The molecule has 0 bridgehead atoms. The van der Waals surface area contributed by atoms with Gasteiger partial charge >= 0.3 is 37.1 Å². The SMILES string of the molecule is CCCC[N+](CCCC)(CCCC)c1cc(C(F)(F)F)cc(C(F)(F)F)c1.CCCC[N+](CCCC)(CCCC)c1cc(C(F)(F)F)cc(C(F)(F)F)c1.CCCC[N+](CCCC)(CCCC)c1cc(C(F)(F)F)cc(C(F)(F)F)c1.[O-]B([O-])[O-]. The van der Waals surface area contributed by atoms with E-state index in [9.17, 15) is 79.0 Å². The highest BCUT2D eigenvalue weighted by Crippen LogP contribution is 2.44. The molecular weight excluding hydrogens is 1160 g/mol. The van der Waals surface area contributed by atoms with Crippen LogP contribution in [-0.4, -0.2) is 66.2 Å². The van der Waals surface area contributed by atoms with Crippen LogP contribution in [0.4, 0.5) is 96.1 Å². The van der Waals surface area contributed by atoms with Gasteiger partial charge < -0.3 is 15.1 Å². The van der Waals surface area contributed by atoms with Crippen molar-refractivity contribution < 1.29 is 94.1 Å². The summed E-state index contributed by atoms with van der Waals surface area (Å²) in [5.41, 5.74) is -6.94. The fourth-order valence-corrected chi connectivity index (χ4v) is 9.95. The van der Waals surface area contributed by atoms with E-state index in [0.29, 0.717) is 58.9 Å². The second kappa shape index (κ2) is 37.3. The molecule has 85 heavy (non-hydrogen) atoms. The molecule has 0 aromatic heterocycles. The van der Waals surface area contributed by atoms with Gasteiger partial charge in [0.2, 0.25) is 0 Å². The van der Waals surface area contributed by atoms with Gasteiger partial charge in [-0.25, -0.2) is 0 Å². The predicted molar refractivity (Wildman–Crippen MR) is 298 cm³/mol. The normalized spacial score (nSPS) is 12.9. The molecule has 492 valence electrons. The lowest BCUT2D eigenvalue weighted by Crippen LogP contribution is -2.56. The van der Waals surface area contributed by atoms with E-state index in [4.69, 9.17) is 15.1 Å². The Hall–Kier alpha value is -3.78. The van der Waals surface area contributed by atoms with Gasteiger partial charge in [0, 0.05) is 36.4 Å². The lowest BCUT2D eigenvalue weighted by Gasteiger charge is -2.39. The van der Waals surface area contributed by atoms with Crippen LogP contribution in [0.25, 0.3) is 0 Å². The minimum Gasteiger partial charge on any atom is -0.907 e. The van der Waals surface area contributed by atoms with Crippen LogP contribution in [0.3, 0.4) is 0 Å². The first-order valence-corrected chi connectivity index (χ1v) is 29.7. The molecule has 0 amide bonds. The fourth-order valence-electron chi connectivity index (χ4n) is 9.95. The van der Waals surface area contributed by atoms with Crippen molar-refractivity contribution in [1.82, 2.24) is 13.4 Å². The summed E-state index contributed by atoms with van der Waals surface area (Å²) in [5.74, 6) is 0. The van der Waals surface area contributed by atoms with Crippen LogP contribution in [0.2, 0.25) is 0 Å². The maximum atomic E-state index is 13.3. The zero-order valence-corrected chi connectivity index (χ0v) is 50.7. The minimum absolute atomic E-state index is 0.132. The number of nitrogens with zero attached hydrogens (tertiary/aromatic N) is 3. The number of hydrogen-bond donors (Lipinski definition) is 0. The maximum absolute atomic E-state index is 13.3. The highest BCUT2D eigenvalue weighted by atomic mass is 19.4. The van der Waals surface area contributed by atoms with Gasteiger partial charge in [-0.2, -0.15) is 79.0 Å². The molecule has 0 atom stereocenters. The van der Waals surface area contributed by atoms with E-state index in [0.717, 1.165) is 152 Å². The van der Waals surface area contributed by atoms with Gasteiger partial charge in [-0.15, -0.1) is 0 Å². The summed E-state index contributed by atoms with van der Waals surface area (Å²) in [5, 5.41) is 25.2. The summed E-state index contributed by atoms with van der Waals surface area (Å²) in [4.78, 5) is 0. The smallest absolute Gasteiger partial charge is 0.416 e. The number of benzene rings is 3. The Labute approximate surface area is 492 Å². The van der Waals surface area contributed by atoms with Crippen molar-refractivity contribution in [1.29, 1.82) is 0 Å². The standard InChI is InChI=1S/3C20H30F6N.BO3/c3*1-4-7-10-27(11-8-5-2,12-9-6-3)18-14-16(19(21,22)23)13-17(15-18)20(24,25)26;2-1(3)4/h3*13-15H,4-12H2,1-3H3;/q3*+1;-3. The van der Waals surface area contributed by atoms with Gasteiger partial charge in [-0.1, -0.05) is 120 Å². The monoisotopic (exact) mass is 1250 g/mol. The Morgan fingerprint density at radius 3 is 0.435 bits per heavy atom. The zero-order valence-electron chi connectivity index (χ0n) is 50.7. The van der Waals surface area contributed by atoms with E-state index < -0.39 is 77.8 Å². The Morgan fingerprint density at radius 1 is 0.247 bits per heavy atom. The lowest BCUT2D eigenvalue weighted by atomic mass is 10.0. The minimum atomic E-state index is -4.81. The van der Waals surface area contributed by atoms with Crippen molar-refractivity contribution >= 4 is 24.4 Å². The fraction of sp³-hybridized carbons (Fsp3) is 0.700. The molecule has 0 unspecified atom stereocenters. The van der Waals surface area contributed by atoms with Crippen molar-refractivity contribution in [2.75, 3.05) is 58.9 Å². The number of halogens is 18. The number of unbranched alkanes of at least 4 members (excludes halogenated alkanes) is 9. The molecule has 3 aromatic carbocycles. The summed E-state index contributed by atoms with van der Waals surface area (Å²) in [7, 11) is -2.92. The third-order valence-electron chi connectivity index (χ3n) is 14.8. The number of rotatable bonds is 30. The van der Waals surface area contributed by atoms with E-state index in [1.54, 1.807) is 0 Å². The molecule has 6 nitrogen and oxygen atoms in total. The van der Waals surface area contributed by atoms with Crippen LogP contribution in [0.1, 0.15) is 211 Å². The third kappa shape index (κ3) is 28.5. The molecule has 3 aromatic rings. The van der Waals surface area contributed by atoms with Crippen molar-refractivity contribution in [2.45, 2.75) is 215 Å². The van der Waals surface area contributed by atoms with E-state index in [-0.39, 0.29) is 48.7 Å². The average Bonchev–Trinajstić information content (AvgIpc) is 2.68. The first kappa shape index (κ1) is 81.2. The molecule has 25 heteroatoms. The van der Waals surface area contributed by atoms with Gasteiger partial charge in [0.25, 0.3) is 0 Å². The molecule has 3 rings (SSSR count). The van der Waals surface area contributed by atoms with Crippen molar-refractivity contribution in [3.05, 3.63) is 88.0 Å². The van der Waals surface area contributed by atoms with Gasteiger partial charge in [0.05, 0.1) is 92.3 Å². The van der Waals surface area contributed by atoms with E-state index in [1.807, 2.05) is 62.3 Å². The van der Waals surface area contributed by atoms with Gasteiger partial charge in [-0.05, 0) is 76.0 Å². The third-order valence-corrected chi connectivity index (χ3v) is 14.8. The molecule has 0 aliphatic rings. The van der Waals surface area contributed by atoms with Crippen LogP contribution in [0, 0.1) is 0 Å². The lowest BCUT2D eigenvalue weighted by molar-refractivity contribution is -0.479. The Bertz CT molecular complexity index is 1890. The summed E-state index contributed by atoms with van der Waals surface area (Å²) in [6.45, 7) is 22.7. The van der Waals surface area contributed by atoms with Crippen LogP contribution >= 0.6 is 0 Å². The average molecular weight is 1250 g/mol.